The molecule has 3 nitrogen and oxygen atoms in total. The Morgan fingerprint density at radius 3 is 2.50 bits per heavy atom. The highest BCUT2D eigenvalue weighted by Crippen LogP contribution is 2.17. The van der Waals surface area contributed by atoms with Crippen molar-refractivity contribution < 1.29 is 16.9 Å². The second-order valence-electron chi connectivity index (χ2n) is 4.70. The summed E-state index contributed by atoms with van der Waals surface area (Å²) in [6.45, 7) is 0.711. The second kappa shape index (κ2) is 4.57. The number of aromatic nitrogens is 1. The molecule has 1 aromatic carbocycles. The van der Waals surface area contributed by atoms with Crippen molar-refractivity contribution in [2.24, 2.45) is 0 Å². The van der Waals surface area contributed by atoms with Crippen LogP contribution in [0.3, 0.4) is 0 Å². The second-order valence-corrected chi connectivity index (χ2v) is 5.69. The molecule has 1 heterocycles. The summed E-state index contributed by atoms with van der Waals surface area (Å²) in [5.74, 6) is 0. The Kier molecular flexibility index (Phi) is 3.78. The first-order chi connectivity index (χ1) is 6.97. The van der Waals surface area contributed by atoms with Crippen molar-refractivity contribution in [3.63, 3.8) is 0 Å². The maximum Gasteiger partial charge on any atom is 0.312 e. The van der Waals surface area contributed by atoms with Gasteiger partial charge in [0.2, 0.25) is 0 Å². The van der Waals surface area contributed by atoms with E-state index in [0.29, 0.717) is 6.67 Å². The zero-order valence-corrected chi connectivity index (χ0v) is 11.2. The third-order valence-corrected chi connectivity index (χ3v) is 3.10. The summed E-state index contributed by atoms with van der Waals surface area (Å²) in [7, 11) is 6.25. The quantitative estimate of drug-likeness (QED) is 0.616. The number of quaternary nitrogens is 1. The molecule has 88 valence electrons. The Labute approximate surface area is 105 Å². The summed E-state index contributed by atoms with van der Waals surface area (Å²) in [6.07, 6.45) is 0. The molecule has 0 fully saturated rings. The first kappa shape index (κ1) is 13.2. The zero-order chi connectivity index (χ0) is 11.1. The molecule has 0 unspecified atom stereocenters. The number of thiazole rings is 1. The van der Waals surface area contributed by atoms with Crippen molar-refractivity contribution in [3.8, 4) is 0 Å². The van der Waals surface area contributed by atoms with Gasteiger partial charge in [0.25, 0.3) is 0 Å². The Morgan fingerprint density at radius 1 is 1.25 bits per heavy atom. The lowest BCUT2D eigenvalue weighted by Gasteiger charge is -2.24. The molecule has 2 rings (SSSR count). The third-order valence-electron chi connectivity index (χ3n) is 2.14. The molecule has 0 aliphatic rings. The van der Waals surface area contributed by atoms with Crippen molar-refractivity contribution in [2.75, 3.05) is 21.1 Å². The van der Waals surface area contributed by atoms with E-state index in [-0.39, 0.29) is 17.3 Å². The van der Waals surface area contributed by atoms with E-state index < -0.39 is 0 Å². The molecule has 0 aliphatic heterocycles. The zero-order valence-electron chi connectivity index (χ0n) is 9.61. The fraction of sp³-hybridized carbons (Fsp3) is 0.364. The summed E-state index contributed by atoms with van der Waals surface area (Å²) in [5.41, 5.74) is 1.04. The number of hydrogen-bond donors (Lipinski definition) is 0. The van der Waals surface area contributed by atoms with Crippen LogP contribution in [0.4, 0.5) is 0 Å². The van der Waals surface area contributed by atoms with Gasteiger partial charge in [-0.3, -0.25) is 9.36 Å². The number of halogens is 1. The van der Waals surface area contributed by atoms with Crippen molar-refractivity contribution in [1.29, 1.82) is 0 Å². The minimum absolute atomic E-state index is 0. The van der Waals surface area contributed by atoms with Crippen LogP contribution in [0, 0.1) is 0 Å². The Bertz CT molecular complexity index is 539. The molecule has 0 N–H and O–H groups in total. The van der Waals surface area contributed by atoms with Crippen LogP contribution in [-0.4, -0.2) is 30.2 Å². The molecule has 0 atom stereocenters. The Morgan fingerprint density at radius 2 is 1.88 bits per heavy atom. The van der Waals surface area contributed by atoms with Gasteiger partial charge in [-0.05, 0) is 12.1 Å². The number of benzene rings is 1. The third kappa shape index (κ3) is 2.64. The molecule has 1 aromatic heterocycles. The lowest BCUT2D eigenvalue weighted by molar-refractivity contribution is -0.892. The summed E-state index contributed by atoms with van der Waals surface area (Å²) in [4.78, 5) is 11.9. The highest BCUT2D eigenvalue weighted by molar-refractivity contribution is 7.16. The Hall–Kier alpha value is -0.840. The van der Waals surface area contributed by atoms with Gasteiger partial charge in [-0.15, -0.1) is 0 Å². The van der Waals surface area contributed by atoms with E-state index in [1.807, 2.05) is 28.8 Å². The monoisotopic (exact) mass is 258 g/mol. The van der Waals surface area contributed by atoms with Gasteiger partial charge in [-0.2, -0.15) is 0 Å². The van der Waals surface area contributed by atoms with E-state index in [4.69, 9.17) is 0 Å². The Balaban J connectivity index is 0.00000128. The van der Waals surface area contributed by atoms with E-state index in [2.05, 4.69) is 21.1 Å². The molecular weight excluding hydrogens is 244 g/mol. The molecule has 0 radical (unpaired) electrons. The molecule has 0 aliphatic carbocycles. The molecular formula is C11H15ClN2OS. The minimum atomic E-state index is 0. The average Bonchev–Trinajstić information content (AvgIpc) is 2.41. The number of nitrogens with zero attached hydrogens (tertiary/aromatic N) is 2. The topological polar surface area (TPSA) is 22.0 Å². The van der Waals surface area contributed by atoms with E-state index in [1.165, 1.54) is 11.3 Å². The molecule has 0 spiro atoms. The van der Waals surface area contributed by atoms with Gasteiger partial charge in [0.1, 0.15) is 0 Å². The minimum Gasteiger partial charge on any atom is -1.00 e. The van der Waals surface area contributed by atoms with Crippen LogP contribution < -0.4 is 17.3 Å². The molecule has 0 saturated carbocycles. The summed E-state index contributed by atoms with van der Waals surface area (Å²) < 4.78 is 3.66. The SMILES string of the molecule is C[N+](C)(C)Cn1c(=O)sc2ccccc21.[Cl-]. The van der Waals surface area contributed by atoms with Crippen LogP contribution in [0.5, 0.6) is 0 Å². The lowest BCUT2D eigenvalue weighted by Crippen LogP contribution is -3.00. The van der Waals surface area contributed by atoms with Gasteiger partial charge in [0.15, 0.2) is 6.67 Å². The van der Waals surface area contributed by atoms with Gasteiger partial charge in [0, 0.05) is 0 Å². The predicted octanol–water partition coefficient (Wildman–Crippen LogP) is -1.27. The highest BCUT2D eigenvalue weighted by atomic mass is 35.5. The van der Waals surface area contributed by atoms with Crippen LogP contribution in [-0.2, 0) is 6.67 Å². The van der Waals surface area contributed by atoms with Gasteiger partial charge in [0.05, 0.1) is 31.4 Å². The van der Waals surface area contributed by atoms with Crippen molar-refractivity contribution in [3.05, 3.63) is 33.9 Å². The van der Waals surface area contributed by atoms with Crippen LogP contribution >= 0.6 is 11.3 Å². The summed E-state index contributed by atoms with van der Waals surface area (Å²) in [6, 6.07) is 7.94. The molecule has 5 heteroatoms. The maximum atomic E-state index is 11.8. The van der Waals surface area contributed by atoms with Crippen LogP contribution in [0.2, 0.25) is 0 Å². The van der Waals surface area contributed by atoms with Crippen molar-refractivity contribution in [2.45, 2.75) is 6.67 Å². The van der Waals surface area contributed by atoms with E-state index in [0.717, 1.165) is 14.7 Å². The van der Waals surface area contributed by atoms with Gasteiger partial charge < -0.3 is 16.9 Å². The van der Waals surface area contributed by atoms with Gasteiger partial charge in [-0.25, -0.2) is 0 Å². The normalized spacial score (nSPS) is 11.4. The summed E-state index contributed by atoms with van der Waals surface area (Å²) in [5, 5.41) is 0. The molecule has 2 aromatic rings. The highest BCUT2D eigenvalue weighted by Gasteiger charge is 2.13. The van der Waals surface area contributed by atoms with Crippen molar-refractivity contribution >= 4 is 21.6 Å². The number of hydrogen-bond acceptors (Lipinski definition) is 2. The maximum absolute atomic E-state index is 11.8. The number of para-hydroxylation sites is 1. The smallest absolute Gasteiger partial charge is 0.312 e. The predicted molar refractivity (Wildman–Crippen MR) is 64.1 cm³/mol. The average molecular weight is 259 g/mol. The van der Waals surface area contributed by atoms with Crippen LogP contribution in [0.25, 0.3) is 10.2 Å². The first-order valence-corrected chi connectivity index (χ1v) is 5.68. The fourth-order valence-electron chi connectivity index (χ4n) is 1.57. The van der Waals surface area contributed by atoms with Gasteiger partial charge >= 0.3 is 4.87 Å². The number of fused-ring (bicyclic) bond motifs is 1. The molecule has 0 bridgehead atoms. The van der Waals surface area contributed by atoms with Gasteiger partial charge in [-0.1, -0.05) is 23.5 Å². The lowest BCUT2D eigenvalue weighted by atomic mass is 10.3. The largest absolute Gasteiger partial charge is 1.00 e. The van der Waals surface area contributed by atoms with Crippen molar-refractivity contribution in [1.82, 2.24) is 4.57 Å². The van der Waals surface area contributed by atoms with Crippen LogP contribution in [0.1, 0.15) is 0 Å². The standard InChI is InChI=1S/C11H15N2OS.ClH/c1-13(2,3)8-12-9-6-4-5-7-10(9)15-11(12)14;/h4-7H,8H2,1-3H3;1H/q+1;/p-1. The van der Waals surface area contributed by atoms with E-state index in [1.54, 1.807) is 0 Å². The van der Waals surface area contributed by atoms with Crippen LogP contribution in [0.15, 0.2) is 29.1 Å². The molecule has 0 saturated heterocycles. The number of rotatable bonds is 2. The van der Waals surface area contributed by atoms with E-state index >= 15 is 0 Å². The first-order valence-electron chi connectivity index (χ1n) is 4.86. The summed E-state index contributed by atoms with van der Waals surface area (Å²) >= 11 is 1.32. The fourth-order valence-corrected chi connectivity index (χ4v) is 2.46. The van der Waals surface area contributed by atoms with E-state index in [9.17, 15) is 4.79 Å². The molecule has 0 amide bonds. The molecule has 16 heavy (non-hydrogen) atoms.